The number of methoxy groups -OCH3 is 1. The molecule has 0 saturated carbocycles. The molecule has 0 aliphatic heterocycles. The van der Waals surface area contributed by atoms with Crippen LogP contribution in [0.2, 0.25) is 0 Å². The van der Waals surface area contributed by atoms with E-state index in [4.69, 9.17) is 5.11 Å². The van der Waals surface area contributed by atoms with E-state index in [2.05, 4.69) is 20.2 Å². The van der Waals surface area contributed by atoms with Crippen molar-refractivity contribution in [3.63, 3.8) is 0 Å². The molecule has 1 aromatic heterocycles. The molecule has 1 heterocycles. The van der Waals surface area contributed by atoms with Crippen molar-refractivity contribution in [2.75, 3.05) is 12.5 Å². The number of nitrogens with one attached hydrogen (secondary N) is 1. The van der Waals surface area contributed by atoms with Gasteiger partial charge in [0.1, 0.15) is 4.88 Å². The zero-order valence-corrected chi connectivity index (χ0v) is 12.7. The number of thiazole rings is 1. The van der Waals surface area contributed by atoms with Gasteiger partial charge in [0.25, 0.3) is 0 Å². The number of hydrogen-bond donors (Lipinski definition) is 2. The molecule has 2 aromatic rings. The summed E-state index contributed by atoms with van der Waals surface area (Å²) in [4.78, 5) is 26.8. The van der Waals surface area contributed by atoms with E-state index >= 15 is 0 Å². The number of hydrazone groups is 1. The summed E-state index contributed by atoms with van der Waals surface area (Å²) in [5.74, 6) is -1.41. The van der Waals surface area contributed by atoms with E-state index in [0.717, 1.165) is 16.9 Å². The van der Waals surface area contributed by atoms with E-state index in [9.17, 15) is 9.59 Å². The average Bonchev–Trinajstić information content (AvgIpc) is 2.88. The molecular formula is C14H13N3O4S. The third-order valence-electron chi connectivity index (χ3n) is 2.70. The number of hydrogen-bond acceptors (Lipinski definition) is 7. The Labute approximate surface area is 130 Å². The molecule has 0 fully saturated rings. The fourth-order valence-electron chi connectivity index (χ4n) is 1.60. The second-order valence-electron chi connectivity index (χ2n) is 4.22. The van der Waals surface area contributed by atoms with E-state index in [1.54, 1.807) is 19.1 Å². The smallest absolute Gasteiger partial charge is 0.350 e. The lowest BCUT2D eigenvalue weighted by Crippen LogP contribution is -1.99. The maximum atomic E-state index is 11.5. The maximum absolute atomic E-state index is 11.5. The number of nitrogens with zero attached hydrogens (tertiary/aromatic N) is 2. The lowest BCUT2D eigenvalue weighted by atomic mass is 10.1. The maximum Gasteiger partial charge on any atom is 0.350 e. The van der Waals surface area contributed by atoms with Crippen molar-refractivity contribution < 1.29 is 19.4 Å². The summed E-state index contributed by atoms with van der Waals surface area (Å²) < 4.78 is 4.65. The van der Waals surface area contributed by atoms with Crippen LogP contribution in [0, 0.1) is 6.92 Å². The molecule has 114 valence electrons. The average molecular weight is 319 g/mol. The first-order chi connectivity index (χ1) is 10.5. The molecule has 22 heavy (non-hydrogen) atoms. The van der Waals surface area contributed by atoms with Crippen LogP contribution in [0.25, 0.3) is 0 Å². The predicted octanol–water partition coefficient (Wildman–Crippen LogP) is 2.38. The molecule has 7 nitrogen and oxygen atoms in total. The van der Waals surface area contributed by atoms with Crippen molar-refractivity contribution in [1.82, 2.24) is 4.98 Å². The van der Waals surface area contributed by atoms with Crippen LogP contribution >= 0.6 is 11.3 Å². The number of aromatic carboxylic acids is 1. The number of esters is 1. The lowest BCUT2D eigenvalue weighted by Gasteiger charge is -1.96. The van der Waals surface area contributed by atoms with Gasteiger partial charge in [-0.1, -0.05) is 23.5 Å². The van der Waals surface area contributed by atoms with E-state index < -0.39 is 11.9 Å². The Balaban J connectivity index is 2.03. The highest BCUT2D eigenvalue weighted by Crippen LogP contribution is 2.23. The van der Waals surface area contributed by atoms with E-state index in [1.165, 1.54) is 25.5 Å². The molecule has 0 saturated heterocycles. The SMILES string of the molecule is COC(=O)c1sc(N/N=C/c2ccc(C(=O)O)cc2)nc1C. The van der Waals surface area contributed by atoms with Crippen LogP contribution in [-0.4, -0.2) is 35.4 Å². The Hall–Kier alpha value is -2.74. The number of anilines is 1. The van der Waals surface area contributed by atoms with Crippen molar-refractivity contribution in [3.05, 3.63) is 46.0 Å². The molecule has 1 aromatic carbocycles. The molecule has 0 aliphatic carbocycles. The minimum absolute atomic E-state index is 0.211. The van der Waals surface area contributed by atoms with Crippen LogP contribution in [0.1, 0.15) is 31.3 Å². The number of benzene rings is 1. The lowest BCUT2D eigenvalue weighted by molar-refractivity contribution is 0.0604. The van der Waals surface area contributed by atoms with Crippen LogP contribution in [0.4, 0.5) is 5.13 Å². The van der Waals surface area contributed by atoms with Crippen molar-refractivity contribution in [2.45, 2.75) is 6.92 Å². The standard InChI is InChI=1S/C14H13N3O4S/c1-8-11(13(20)21-2)22-14(16-8)17-15-7-9-3-5-10(6-4-9)12(18)19/h3-7H,1-2H3,(H,16,17)(H,18,19)/b15-7+. The Morgan fingerprint density at radius 2 is 2.05 bits per heavy atom. The first-order valence-electron chi connectivity index (χ1n) is 6.19. The Morgan fingerprint density at radius 1 is 1.36 bits per heavy atom. The second kappa shape index (κ2) is 6.81. The predicted molar refractivity (Wildman–Crippen MR) is 82.8 cm³/mol. The van der Waals surface area contributed by atoms with Gasteiger partial charge in [0.2, 0.25) is 5.13 Å². The van der Waals surface area contributed by atoms with Crippen LogP contribution in [0.15, 0.2) is 29.4 Å². The van der Waals surface area contributed by atoms with Gasteiger partial charge in [0.05, 0.1) is 24.6 Å². The summed E-state index contributed by atoms with van der Waals surface area (Å²) in [7, 11) is 1.31. The summed E-state index contributed by atoms with van der Waals surface area (Å²) in [5, 5.41) is 13.3. The molecule has 0 spiro atoms. The minimum atomic E-state index is -0.977. The topological polar surface area (TPSA) is 101 Å². The van der Waals surface area contributed by atoms with Crippen LogP contribution in [0.3, 0.4) is 0 Å². The molecule has 0 bridgehead atoms. The molecule has 8 heteroatoms. The molecule has 0 aliphatic rings. The fourth-order valence-corrected chi connectivity index (χ4v) is 2.43. The largest absolute Gasteiger partial charge is 0.478 e. The van der Waals surface area contributed by atoms with Crippen LogP contribution in [0.5, 0.6) is 0 Å². The first kappa shape index (κ1) is 15.6. The fraction of sp³-hybridized carbons (Fsp3) is 0.143. The van der Waals surface area contributed by atoms with Gasteiger partial charge in [-0.2, -0.15) is 5.10 Å². The quantitative estimate of drug-likeness (QED) is 0.498. The molecule has 0 amide bonds. The van der Waals surface area contributed by atoms with Gasteiger partial charge in [-0.15, -0.1) is 0 Å². The van der Waals surface area contributed by atoms with Gasteiger partial charge in [0.15, 0.2) is 0 Å². The molecule has 0 atom stereocenters. The highest BCUT2D eigenvalue weighted by molar-refractivity contribution is 7.17. The van der Waals surface area contributed by atoms with Gasteiger partial charge in [-0.25, -0.2) is 14.6 Å². The highest BCUT2D eigenvalue weighted by atomic mass is 32.1. The van der Waals surface area contributed by atoms with E-state index in [1.807, 2.05) is 0 Å². The van der Waals surface area contributed by atoms with Gasteiger partial charge < -0.3 is 9.84 Å². The summed E-state index contributed by atoms with van der Waals surface area (Å²) >= 11 is 1.15. The molecule has 2 rings (SSSR count). The minimum Gasteiger partial charge on any atom is -0.478 e. The van der Waals surface area contributed by atoms with Gasteiger partial charge in [0, 0.05) is 0 Å². The van der Waals surface area contributed by atoms with E-state index in [0.29, 0.717) is 15.7 Å². The second-order valence-corrected chi connectivity index (χ2v) is 5.22. The van der Waals surface area contributed by atoms with Crippen molar-refractivity contribution in [1.29, 1.82) is 0 Å². The summed E-state index contributed by atoms with van der Waals surface area (Å²) in [6.45, 7) is 1.71. The zero-order chi connectivity index (χ0) is 16.1. The molecule has 0 unspecified atom stereocenters. The Morgan fingerprint density at radius 3 is 2.64 bits per heavy atom. The number of carboxylic acid groups (broad SMARTS) is 1. The Kier molecular flexibility index (Phi) is 4.84. The van der Waals surface area contributed by atoms with Gasteiger partial charge >= 0.3 is 11.9 Å². The van der Waals surface area contributed by atoms with Gasteiger partial charge in [-0.3, -0.25) is 5.43 Å². The van der Waals surface area contributed by atoms with Crippen molar-refractivity contribution in [2.24, 2.45) is 5.10 Å². The number of ether oxygens (including phenoxy) is 1. The van der Waals surface area contributed by atoms with Crippen LogP contribution < -0.4 is 5.43 Å². The zero-order valence-electron chi connectivity index (χ0n) is 11.9. The van der Waals surface area contributed by atoms with Crippen LogP contribution in [-0.2, 0) is 4.74 Å². The number of carbonyl (C=O) groups excluding carboxylic acids is 1. The van der Waals surface area contributed by atoms with Gasteiger partial charge in [-0.05, 0) is 24.6 Å². The number of carboxylic acids is 1. The van der Waals surface area contributed by atoms with Crippen molar-refractivity contribution >= 4 is 34.6 Å². The third kappa shape index (κ3) is 3.67. The molecule has 0 radical (unpaired) electrons. The third-order valence-corrected chi connectivity index (χ3v) is 3.74. The number of carbonyl (C=O) groups is 2. The normalized spacial score (nSPS) is 10.6. The molecule has 2 N–H and O–H groups in total. The summed E-state index contributed by atoms with van der Waals surface area (Å²) in [6.07, 6.45) is 1.53. The Bertz CT molecular complexity index is 722. The highest BCUT2D eigenvalue weighted by Gasteiger charge is 2.15. The number of aromatic nitrogens is 1. The summed E-state index contributed by atoms with van der Waals surface area (Å²) in [5.41, 5.74) is 4.24. The van der Waals surface area contributed by atoms with Crippen molar-refractivity contribution in [3.8, 4) is 0 Å². The monoisotopic (exact) mass is 319 g/mol. The summed E-state index contributed by atoms with van der Waals surface area (Å²) in [6, 6.07) is 6.27. The number of aryl methyl sites for hydroxylation is 1. The van der Waals surface area contributed by atoms with E-state index in [-0.39, 0.29) is 5.56 Å². The first-order valence-corrected chi connectivity index (χ1v) is 7.01. The molecular weight excluding hydrogens is 306 g/mol. The number of rotatable bonds is 5.